The largest absolute Gasteiger partial charge is 0.390 e. The summed E-state index contributed by atoms with van der Waals surface area (Å²) in [4.78, 5) is 20.8. The van der Waals surface area contributed by atoms with E-state index in [0.29, 0.717) is 25.2 Å². The van der Waals surface area contributed by atoms with Gasteiger partial charge in [0.1, 0.15) is 24.0 Å². The lowest BCUT2D eigenvalue weighted by molar-refractivity contribution is -0.279. The van der Waals surface area contributed by atoms with Crippen LogP contribution in [0.15, 0.2) is 30.3 Å². The fourth-order valence-corrected chi connectivity index (χ4v) is 6.45. The highest BCUT2D eigenvalue weighted by Crippen LogP contribution is 2.28. The lowest BCUT2D eigenvalue weighted by Crippen LogP contribution is -2.69. The van der Waals surface area contributed by atoms with E-state index in [9.17, 15) is 20.1 Å². The zero-order chi connectivity index (χ0) is 32.2. The van der Waals surface area contributed by atoms with Crippen LogP contribution in [0.1, 0.15) is 48.3 Å². The van der Waals surface area contributed by atoms with Gasteiger partial charge in [0, 0.05) is 41.5 Å². The van der Waals surface area contributed by atoms with Crippen molar-refractivity contribution in [2.45, 2.75) is 100 Å². The van der Waals surface area contributed by atoms with E-state index >= 15 is 0 Å². The second-order valence-corrected chi connectivity index (χ2v) is 12.3. The van der Waals surface area contributed by atoms with Crippen LogP contribution in [0.3, 0.4) is 0 Å². The van der Waals surface area contributed by atoms with Gasteiger partial charge in [0.05, 0.1) is 35.5 Å². The molecule has 1 saturated carbocycles. The second-order valence-electron chi connectivity index (χ2n) is 12.3. The number of ether oxygens (including phenoxy) is 2. The van der Waals surface area contributed by atoms with Crippen molar-refractivity contribution in [3.63, 3.8) is 0 Å². The molecule has 2 fully saturated rings. The third-order valence-electron chi connectivity index (χ3n) is 9.08. The zero-order valence-corrected chi connectivity index (χ0v) is 25.6. The van der Waals surface area contributed by atoms with Gasteiger partial charge in [-0.3, -0.25) is 4.79 Å². The number of nitrogens with zero attached hydrogens (tertiary/aromatic N) is 1. The highest BCUT2D eigenvalue weighted by atomic mass is 16.7. The second kappa shape index (κ2) is 14.8. The Hall–Kier alpha value is -2.76. The Labute approximate surface area is 262 Å². The van der Waals surface area contributed by atoms with Gasteiger partial charge in [0.25, 0.3) is 5.91 Å². The highest BCUT2D eigenvalue weighted by Gasteiger charge is 2.48. The molecule has 2 aliphatic rings. The summed E-state index contributed by atoms with van der Waals surface area (Å²) in [6, 6.07) is 7.15. The number of aliphatic hydroxyl groups excluding tert-OH is 3. The van der Waals surface area contributed by atoms with E-state index in [-0.39, 0.29) is 12.5 Å². The van der Waals surface area contributed by atoms with Crippen LogP contribution in [-0.2, 0) is 9.47 Å². The quantitative estimate of drug-likeness (QED) is 0.106. The Kier molecular flexibility index (Phi) is 11.0. The van der Waals surface area contributed by atoms with E-state index in [4.69, 9.17) is 32.4 Å². The topological polar surface area (TPSA) is 253 Å². The molecule has 1 saturated heterocycles. The van der Waals surface area contributed by atoms with Gasteiger partial charge in [0.2, 0.25) is 0 Å². The normalized spacial score (nSPS) is 32.3. The summed E-state index contributed by atoms with van der Waals surface area (Å²) in [6.45, 7) is 2.98. The molecular formula is C31H48N8O6. The number of aryl methyl sites for hydroxylation is 1. The van der Waals surface area contributed by atoms with Crippen LogP contribution in [0, 0.1) is 6.92 Å². The Morgan fingerprint density at radius 1 is 1.02 bits per heavy atom. The molecule has 5 rings (SSSR count). The van der Waals surface area contributed by atoms with Crippen LogP contribution in [0.2, 0.25) is 0 Å². The summed E-state index contributed by atoms with van der Waals surface area (Å²) in [5, 5.41) is 39.8. The van der Waals surface area contributed by atoms with Crippen LogP contribution < -0.4 is 33.6 Å². The Bertz CT molecular complexity index is 1440. The fraction of sp³-hybridized carbons (Fsp3) is 0.613. The van der Waals surface area contributed by atoms with Crippen molar-refractivity contribution < 1.29 is 29.6 Å². The molecule has 14 N–H and O–H groups in total. The summed E-state index contributed by atoms with van der Waals surface area (Å²) >= 11 is 0. The van der Waals surface area contributed by atoms with E-state index < -0.39 is 61.0 Å². The molecule has 1 aliphatic carbocycles. The lowest BCUT2D eigenvalue weighted by Gasteiger charge is -2.47. The molecule has 45 heavy (non-hydrogen) atoms. The highest BCUT2D eigenvalue weighted by molar-refractivity contribution is 6.10. The molecule has 0 spiro atoms. The van der Waals surface area contributed by atoms with Crippen LogP contribution in [0.25, 0.3) is 21.8 Å². The monoisotopic (exact) mass is 628 g/mol. The van der Waals surface area contributed by atoms with Crippen molar-refractivity contribution in [1.29, 1.82) is 0 Å². The maximum atomic E-state index is 12.9. The standard InChI is InChI=1S/C31H48N8O6/c1-15-24-17(16-8-4-5-9-20(16)39-24)12-21(38-15)30(43)37-11-7-3-2-6-10-36-25-26(40)18(33)13-19(34)29(25)45-31-23(35)28(42)27(41)22(14-32)44-31/h4-5,8-9,12,18-19,22-23,25-29,31,36,39-42H,2-3,6-7,10-11,13-14,32-35H2,1H3,(H,37,43)/t18-,19+,22-,23-,25+,26+,27-,28-,29-,31-/m1/s1. The number of carbonyl (C=O) groups is 1. The summed E-state index contributed by atoms with van der Waals surface area (Å²) in [5.74, 6) is -0.196. The number of aliphatic hydroxyl groups is 3. The third kappa shape index (κ3) is 7.30. The number of para-hydroxylation sites is 1. The molecule has 0 radical (unpaired) electrons. The fourth-order valence-electron chi connectivity index (χ4n) is 6.45. The van der Waals surface area contributed by atoms with Crippen LogP contribution in [0.4, 0.5) is 0 Å². The molecule has 0 unspecified atom stereocenters. The summed E-state index contributed by atoms with van der Waals surface area (Å²) in [5.41, 5.74) is 27.5. The number of H-pyrrole nitrogens is 1. The van der Waals surface area contributed by atoms with E-state index in [1.807, 2.05) is 37.3 Å². The molecule has 14 heteroatoms. The predicted octanol–water partition coefficient (Wildman–Crippen LogP) is -1.19. The summed E-state index contributed by atoms with van der Waals surface area (Å²) in [6.07, 6.45) is -2.33. The van der Waals surface area contributed by atoms with Gasteiger partial charge in [-0.1, -0.05) is 31.0 Å². The summed E-state index contributed by atoms with van der Waals surface area (Å²) in [7, 11) is 0. The minimum Gasteiger partial charge on any atom is -0.390 e. The van der Waals surface area contributed by atoms with Crippen molar-refractivity contribution in [2.75, 3.05) is 19.6 Å². The Morgan fingerprint density at radius 3 is 2.51 bits per heavy atom. The maximum Gasteiger partial charge on any atom is 0.269 e. The molecule has 10 atom stereocenters. The molecule has 3 heterocycles. The lowest BCUT2D eigenvalue weighted by atomic mass is 9.82. The number of rotatable bonds is 12. The molecule has 1 amide bonds. The number of unbranched alkanes of at least 4 members (excludes halogenated alkanes) is 3. The first kappa shape index (κ1) is 33.6. The number of aromatic nitrogens is 2. The zero-order valence-electron chi connectivity index (χ0n) is 25.6. The van der Waals surface area contributed by atoms with Gasteiger partial charge in [-0.25, -0.2) is 4.98 Å². The van der Waals surface area contributed by atoms with Crippen molar-refractivity contribution in [2.24, 2.45) is 22.9 Å². The minimum absolute atomic E-state index is 0.0301. The number of hydrogen-bond acceptors (Lipinski definition) is 12. The predicted molar refractivity (Wildman–Crippen MR) is 170 cm³/mol. The smallest absolute Gasteiger partial charge is 0.269 e. The van der Waals surface area contributed by atoms with E-state index in [1.54, 1.807) is 0 Å². The Morgan fingerprint density at radius 2 is 1.76 bits per heavy atom. The third-order valence-corrected chi connectivity index (χ3v) is 9.08. The van der Waals surface area contributed by atoms with E-state index in [2.05, 4.69) is 20.6 Å². The van der Waals surface area contributed by atoms with E-state index in [1.165, 1.54) is 0 Å². The average molecular weight is 629 g/mol. The van der Waals surface area contributed by atoms with Gasteiger partial charge in [0.15, 0.2) is 6.29 Å². The molecule has 14 nitrogen and oxygen atoms in total. The first-order valence-corrected chi connectivity index (χ1v) is 15.8. The molecule has 1 aliphatic heterocycles. The number of aromatic amines is 1. The van der Waals surface area contributed by atoms with Crippen molar-refractivity contribution in [1.82, 2.24) is 20.6 Å². The number of amides is 1. The first-order valence-electron chi connectivity index (χ1n) is 15.8. The molecule has 248 valence electrons. The van der Waals surface area contributed by atoms with Gasteiger partial charge in [-0.15, -0.1) is 0 Å². The van der Waals surface area contributed by atoms with Gasteiger partial charge in [-0.05, 0) is 44.9 Å². The Balaban J connectivity index is 1.07. The number of nitrogens with one attached hydrogen (secondary N) is 3. The van der Waals surface area contributed by atoms with Crippen LogP contribution in [0.5, 0.6) is 0 Å². The molecular weight excluding hydrogens is 580 g/mol. The van der Waals surface area contributed by atoms with Gasteiger partial charge < -0.3 is 63.3 Å². The first-order chi connectivity index (χ1) is 21.6. The average Bonchev–Trinajstić information content (AvgIpc) is 3.41. The number of fused-ring (bicyclic) bond motifs is 3. The molecule has 1 aromatic carbocycles. The number of carbonyl (C=O) groups excluding carboxylic acids is 1. The molecule has 2 aromatic heterocycles. The number of hydrogen-bond donors (Lipinski definition) is 10. The van der Waals surface area contributed by atoms with Crippen molar-refractivity contribution >= 4 is 27.7 Å². The minimum atomic E-state index is -1.29. The SMILES string of the molecule is Cc1nc(C(=O)NCCCCCCN[C@H]2[C@@H](O)[C@H](N)C[C@H](N)[C@H]2O[C@H]2O[C@H](CN)[C@@H](O)[C@H](O)[C@H]2N)cc2c1[nH]c1ccccc12. The summed E-state index contributed by atoms with van der Waals surface area (Å²) < 4.78 is 11.9. The number of pyridine rings is 1. The number of nitrogens with two attached hydrogens (primary N) is 4. The van der Waals surface area contributed by atoms with Crippen molar-refractivity contribution in [3.8, 4) is 0 Å². The van der Waals surface area contributed by atoms with Gasteiger partial charge in [-0.2, -0.15) is 0 Å². The van der Waals surface area contributed by atoms with Crippen molar-refractivity contribution in [3.05, 3.63) is 41.7 Å². The van der Waals surface area contributed by atoms with Crippen LogP contribution in [-0.4, -0.2) is 112 Å². The molecule has 3 aromatic rings. The maximum absolute atomic E-state index is 12.9. The number of benzene rings is 1. The van der Waals surface area contributed by atoms with Gasteiger partial charge >= 0.3 is 0 Å². The van der Waals surface area contributed by atoms with Crippen LogP contribution >= 0.6 is 0 Å². The molecule has 0 bridgehead atoms. The van der Waals surface area contributed by atoms with E-state index in [0.717, 1.165) is 53.2 Å².